The van der Waals surface area contributed by atoms with Crippen molar-refractivity contribution in [3.63, 3.8) is 0 Å². The molecule has 160 valence electrons. The van der Waals surface area contributed by atoms with Gasteiger partial charge in [0.1, 0.15) is 17.1 Å². The van der Waals surface area contributed by atoms with Crippen LogP contribution in [0.25, 0.3) is 0 Å². The summed E-state index contributed by atoms with van der Waals surface area (Å²) in [5.41, 5.74) is 0.470. The van der Waals surface area contributed by atoms with Gasteiger partial charge in [-0.25, -0.2) is 4.79 Å². The zero-order valence-corrected chi connectivity index (χ0v) is 18.3. The molecular weight excluding hydrogens is 352 g/mol. The Balaban J connectivity index is 2.44. The van der Waals surface area contributed by atoms with Crippen LogP contribution < -0.4 is 9.47 Å². The highest BCUT2D eigenvalue weighted by atomic mass is 16.5. The lowest BCUT2D eigenvalue weighted by atomic mass is 10.1. The fraction of sp³-hybridized carbons (Fsp3) is 0.708. The van der Waals surface area contributed by atoms with E-state index < -0.39 is 0 Å². The van der Waals surface area contributed by atoms with E-state index in [-0.39, 0.29) is 5.97 Å². The minimum Gasteiger partial charge on any atom is -0.493 e. The summed E-state index contributed by atoms with van der Waals surface area (Å²) in [5, 5.41) is 0. The maximum Gasteiger partial charge on any atom is 0.341 e. The lowest BCUT2D eigenvalue weighted by Crippen LogP contribution is -2.09. The summed E-state index contributed by atoms with van der Waals surface area (Å²) < 4.78 is 16.9. The monoisotopic (exact) mass is 392 g/mol. The molecule has 0 N–H and O–H groups in total. The highest BCUT2D eigenvalue weighted by molar-refractivity contribution is 5.92. The second-order valence-electron chi connectivity index (χ2n) is 7.26. The van der Waals surface area contributed by atoms with E-state index in [4.69, 9.17) is 14.2 Å². The van der Waals surface area contributed by atoms with Crippen LogP contribution >= 0.6 is 0 Å². The molecule has 1 rings (SSSR count). The van der Waals surface area contributed by atoms with Crippen molar-refractivity contribution >= 4 is 5.97 Å². The molecule has 4 heteroatoms. The molecule has 0 amide bonds. The van der Waals surface area contributed by atoms with Gasteiger partial charge in [0.25, 0.3) is 0 Å². The molecule has 0 heterocycles. The molecule has 0 saturated carbocycles. The van der Waals surface area contributed by atoms with Gasteiger partial charge in [-0.1, -0.05) is 71.6 Å². The molecule has 0 aliphatic carbocycles. The number of esters is 1. The average Bonchev–Trinajstić information content (AvgIpc) is 2.70. The molecule has 0 atom stereocenters. The first-order valence-electron chi connectivity index (χ1n) is 11.3. The van der Waals surface area contributed by atoms with Crippen molar-refractivity contribution < 1.29 is 19.0 Å². The van der Waals surface area contributed by atoms with Crippen molar-refractivity contribution in [1.29, 1.82) is 0 Å². The van der Waals surface area contributed by atoms with Crippen LogP contribution in [0.3, 0.4) is 0 Å². The van der Waals surface area contributed by atoms with Crippen molar-refractivity contribution in [2.24, 2.45) is 0 Å². The first kappa shape index (κ1) is 24.3. The largest absolute Gasteiger partial charge is 0.493 e. The van der Waals surface area contributed by atoms with Crippen molar-refractivity contribution in [3.8, 4) is 11.5 Å². The summed E-state index contributed by atoms with van der Waals surface area (Å²) in [6, 6.07) is 5.40. The van der Waals surface area contributed by atoms with Gasteiger partial charge >= 0.3 is 5.97 Å². The zero-order valence-electron chi connectivity index (χ0n) is 18.3. The second-order valence-corrected chi connectivity index (χ2v) is 7.26. The van der Waals surface area contributed by atoms with Gasteiger partial charge in [-0.2, -0.15) is 0 Å². The minimum absolute atomic E-state index is 0.345. The maximum atomic E-state index is 12.1. The molecule has 0 aromatic heterocycles. The third-order valence-corrected chi connectivity index (χ3v) is 4.72. The lowest BCUT2D eigenvalue weighted by Gasteiger charge is -2.13. The molecule has 0 fully saturated rings. The summed E-state index contributed by atoms with van der Waals surface area (Å²) in [7, 11) is 0. The molecule has 0 spiro atoms. The van der Waals surface area contributed by atoms with Crippen LogP contribution in [0.15, 0.2) is 18.2 Å². The highest BCUT2D eigenvalue weighted by Crippen LogP contribution is 2.26. The predicted molar refractivity (Wildman–Crippen MR) is 116 cm³/mol. The molecule has 0 aliphatic rings. The molecule has 4 nitrogen and oxygen atoms in total. The Labute approximate surface area is 172 Å². The lowest BCUT2D eigenvalue weighted by molar-refractivity contribution is 0.0521. The van der Waals surface area contributed by atoms with E-state index in [1.165, 1.54) is 44.9 Å². The van der Waals surface area contributed by atoms with Crippen LogP contribution in [-0.4, -0.2) is 25.8 Å². The molecule has 1 aromatic rings. The van der Waals surface area contributed by atoms with Gasteiger partial charge in [0, 0.05) is 6.07 Å². The van der Waals surface area contributed by atoms with Crippen LogP contribution in [0.4, 0.5) is 0 Å². The number of hydrogen-bond acceptors (Lipinski definition) is 4. The molecule has 0 aliphatic heterocycles. The summed E-state index contributed by atoms with van der Waals surface area (Å²) >= 11 is 0. The summed E-state index contributed by atoms with van der Waals surface area (Å²) in [4.78, 5) is 12.1. The zero-order chi connectivity index (χ0) is 20.5. The van der Waals surface area contributed by atoms with E-state index >= 15 is 0 Å². The minimum atomic E-state index is -0.345. The molecule has 0 radical (unpaired) electrons. The Kier molecular flexibility index (Phi) is 14.1. The van der Waals surface area contributed by atoms with E-state index in [9.17, 15) is 4.79 Å². The Morgan fingerprint density at radius 1 is 0.750 bits per heavy atom. The van der Waals surface area contributed by atoms with Gasteiger partial charge in [-0.15, -0.1) is 0 Å². The van der Waals surface area contributed by atoms with Gasteiger partial charge in [0.15, 0.2) is 0 Å². The summed E-state index contributed by atoms with van der Waals surface area (Å²) in [6.07, 6.45) is 13.4. The SMILES string of the molecule is CCCCCCCCCCOc1ccc(C(=O)OCC)c(OCCCCC)c1. The van der Waals surface area contributed by atoms with E-state index in [2.05, 4.69) is 13.8 Å². The third kappa shape index (κ3) is 10.6. The Morgan fingerprint density at radius 2 is 1.32 bits per heavy atom. The summed E-state index contributed by atoms with van der Waals surface area (Å²) in [6.45, 7) is 7.86. The van der Waals surface area contributed by atoms with Crippen LogP contribution in [-0.2, 0) is 4.74 Å². The normalized spacial score (nSPS) is 10.7. The topological polar surface area (TPSA) is 44.8 Å². The van der Waals surface area contributed by atoms with Crippen molar-refractivity contribution in [1.82, 2.24) is 0 Å². The van der Waals surface area contributed by atoms with E-state index in [1.54, 1.807) is 13.0 Å². The smallest absolute Gasteiger partial charge is 0.341 e. The van der Waals surface area contributed by atoms with Gasteiger partial charge in [0.2, 0.25) is 0 Å². The number of hydrogen-bond donors (Lipinski definition) is 0. The molecule has 0 bridgehead atoms. The first-order valence-corrected chi connectivity index (χ1v) is 11.3. The van der Waals surface area contributed by atoms with Crippen molar-refractivity contribution in [2.45, 2.75) is 91.4 Å². The molecular formula is C24H40O4. The summed E-state index contributed by atoms with van der Waals surface area (Å²) in [5.74, 6) is 0.965. The van der Waals surface area contributed by atoms with Crippen molar-refractivity contribution in [3.05, 3.63) is 23.8 Å². The maximum absolute atomic E-state index is 12.1. The Hall–Kier alpha value is -1.71. The molecule has 28 heavy (non-hydrogen) atoms. The van der Waals surface area contributed by atoms with E-state index in [1.807, 2.05) is 12.1 Å². The van der Waals surface area contributed by atoms with Crippen LogP contribution in [0.2, 0.25) is 0 Å². The van der Waals surface area contributed by atoms with Gasteiger partial charge in [-0.3, -0.25) is 0 Å². The Morgan fingerprint density at radius 3 is 2.00 bits per heavy atom. The average molecular weight is 393 g/mol. The van der Waals surface area contributed by atoms with Crippen LogP contribution in [0.1, 0.15) is 102 Å². The number of rotatable bonds is 17. The number of unbranched alkanes of at least 4 members (excludes halogenated alkanes) is 9. The fourth-order valence-electron chi connectivity index (χ4n) is 3.05. The van der Waals surface area contributed by atoms with Crippen LogP contribution in [0.5, 0.6) is 11.5 Å². The fourth-order valence-corrected chi connectivity index (χ4v) is 3.05. The molecule has 1 aromatic carbocycles. The first-order chi connectivity index (χ1) is 13.7. The van der Waals surface area contributed by atoms with E-state index in [0.29, 0.717) is 31.1 Å². The van der Waals surface area contributed by atoms with E-state index in [0.717, 1.165) is 31.4 Å². The molecule has 0 saturated heterocycles. The quantitative estimate of drug-likeness (QED) is 0.212. The van der Waals surface area contributed by atoms with Gasteiger partial charge in [0.05, 0.1) is 19.8 Å². The van der Waals surface area contributed by atoms with Gasteiger partial charge < -0.3 is 14.2 Å². The van der Waals surface area contributed by atoms with Gasteiger partial charge in [-0.05, 0) is 31.9 Å². The van der Waals surface area contributed by atoms with Crippen molar-refractivity contribution in [2.75, 3.05) is 19.8 Å². The third-order valence-electron chi connectivity index (χ3n) is 4.72. The number of carbonyl (C=O) groups is 1. The number of benzene rings is 1. The standard InChI is InChI=1S/C24H40O4/c1-4-7-9-10-11-12-13-15-18-27-21-16-17-22(24(25)26-6-3)23(20-21)28-19-14-8-5-2/h16-17,20H,4-15,18-19H2,1-3H3. The second kappa shape index (κ2) is 16.3. The number of ether oxygens (including phenoxy) is 3. The predicted octanol–water partition coefficient (Wildman–Crippen LogP) is 6.95. The highest BCUT2D eigenvalue weighted by Gasteiger charge is 2.15. The number of carbonyl (C=O) groups excluding carboxylic acids is 1. The molecule has 0 unspecified atom stereocenters. The van der Waals surface area contributed by atoms with Crippen LogP contribution in [0, 0.1) is 0 Å². The Bertz CT molecular complexity index is 527.